The Labute approximate surface area is 144 Å². The molecular weight excluding hydrogens is 316 g/mol. The van der Waals surface area contributed by atoms with Crippen molar-refractivity contribution in [3.05, 3.63) is 28.8 Å². The van der Waals surface area contributed by atoms with Crippen molar-refractivity contribution in [2.75, 3.05) is 27.4 Å². The lowest BCUT2D eigenvalue weighted by Crippen LogP contribution is -2.57. The number of carbonyl (C=O) groups is 1. The second-order valence-corrected chi connectivity index (χ2v) is 6.19. The molecule has 1 aliphatic rings. The first-order valence-electron chi connectivity index (χ1n) is 7.63. The van der Waals surface area contributed by atoms with Crippen LogP contribution >= 0.6 is 12.4 Å². The minimum absolute atomic E-state index is 0. The first-order chi connectivity index (χ1) is 10.4. The minimum atomic E-state index is -0.788. The molecule has 6 heteroatoms. The van der Waals surface area contributed by atoms with Crippen molar-refractivity contribution in [1.82, 2.24) is 4.90 Å². The fourth-order valence-electron chi connectivity index (χ4n) is 3.13. The molecule has 130 valence electrons. The SMILES string of the molecule is COc1c(C)cc(CN(C)C(=O)C2(N)CCOCC2)cc1C.Cl. The van der Waals surface area contributed by atoms with Gasteiger partial charge in [0.05, 0.1) is 12.6 Å². The summed E-state index contributed by atoms with van der Waals surface area (Å²) in [6.45, 7) is 5.68. The Morgan fingerprint density at radius 1 is 1.30 bits per heavy atom. The second kappa shape index (κ2) is 7.99. The summed E-state index contributed by atoms with van der Waals surface area (Å²) in [5, 5.41) is 0. The number of halogens is 1. The van der Waals surface area contributed by atoms with Crippen molar-refractivity contribution in [1.29, 1.82) is 0 Å². The molecule has 1 fully saturated rings. The summed E-state index contributed by atoms with van der Waals surface area (Å²) < 4.78 is 10.7. The van der Waals surface area contributed by atoms with Crippen LogP contribution in [0.1, 0.15) is 29.5 Å². The van der Waals surface area contributed by atoms with Crippen molar-refractivity contribution >= 4 is 18.3 Å². The van der Waals surface area contributed by atoms with E-state index >= 15 is 0 Å². The summed E-state index contributed by atoms with van der Waals surface area (Å²) in [5.74, 6) is 0.888. The molecule has 1 aromatic rings. The van der Waals surface area contributed by atoms with Crippen molar-refractivity contribution < 1.29 is 14.3 Å². The summed E-state index contributed by atoms with van der Waals surface area (Å²) >= 11 is 0. The maximum absolute atomic E-state index is 12.6. The van der Waals surface area contributed by atoms with E-state index in [0.717, 1.165) is 22.4 Å². The Hall–Kier alpha value is -1.30. The summed E-state index contributed by atoms with van der Waals surface area (Å²) in [6, 6.07) is 4.12. The van der Waals surface area contributed by atoms with E-state index in [1.54, 1.807) is 19.1 Å². The van der Waals surface area contributed by atoms with Crippen LogP contribution in [0.3, 0.4) is 0 Å². The Morgan fingerprint density at radius 3 is 2.30 bits per heavy atom. The van der Waals surface area contributed by atoms with Crippen LogP contribution in [0.5, 0.6) is 5.75 Å². The van der Waals surface area contributed by atoms with Gasteiger partial charge in [0.1, 0.15) is 5.75 Å². The molecule has 1 amide bonds. The van der Waals surface area contributed by atoms with Gasteiger partial charge in [0.25, 0.3) is 0 Å². The number of nitrogens with two attached hydrogens (primary N) is 1. The Kier molecular flexibility index (Phi) is 6.86. The lowest BCUT2D eigenvalue weighted by Gasteiger charge is -2.35. The Bertz CT molecular complexity index is 534. The second-order valence-electron chi connectivity index (χ2n) is 6.19. The molecule has 1 aromatic carbocycles. The molecule has 0 aromatic heterocycles. The normalized spacial score (nSPS) is 16.4. The summed E-state index contributed by atoms with van der Waals surface area (Å²) in [7, 11) is 3.48. The molecule has 2 N–H and O–H groups in total. The molecule has 0 aliphatic carbocycles. The quantitative estimate of drug-likeness (QED) is 0.911. The zero-order valence-corrected chi connectivity index (χ0v) is 15.2. The average Bonchev–Trinajstić information content (AvgIpc) is 2.47. The van der Waals surface area contributed by atoms with Gasteiger partial charge in [-0.05, 0) is 43.4 Å². The zero-order chi connectivity index (χ0) is 16.3. The number of rotatable bonds is 4. The van der Waals surface area contributed by atoms with E-state index in [4.69, 9.17) is 15.2 Å². The van der Waals surface area contributed by atoms with E-state index in [1.165, 1.54) is 0 Å². The standard InChI is InChI=1S/C17H26N2O3.ClH/c1-12-9-14(10-13(2)15(12)21-4)11-19(3)16(20)17(18)5-7-22-8-6-17;/h9-10H,5-8,11,18H2,1-4H3;1H. The summed E-state index contributed by atoms with van der Waals surface area (Å²) in [4.78, 5) is 14.4. The summed E-state index contributed by atoms with van der Waals surface area (Å²) in [6.07, 6.45) is 1.16. The number of hydrogen-bond donors (Lipinski definition) is 1. The van der Waals surface area contributed by atoms with E-state index in [9.17, 15) is 4.79 Å². The smallest absolute Gasteiger partial charge is 0.242 e. The maximum Gasteiger partial charge on any atom is 0.242 e. The lowest BCUT2D eigenvalue weighted by molar-refractivity contribution is -0.139. The number of carbonyl (C=O) groups excluding carboxylic acids is 1. The first-order valence-corrected chi connectivity index (χ1v) is 7.63. The lowest BCUT2D eigenvalue weighted by atomic mass is 9.89. The van der Waals surface area contributed by atoms with Crippen LogP contribution in [0.2, 0.25) is 0 Å². The number of hydrogen-bond acceptors (Lipinski definition) is 4. The molecule has 0 bridgehead atoms. The van der Waals surface area contributed by atoms with Crippen LogP contribution in [0.15, 0.2) is 12.1 Å². The van der Waals surface area contributed by atoms with Gasteiger partial charge in [0.2, 0.25) is 5.91 Å². The minimum Gasteiger partial charge on any atom is -0.496 e. The van der Waals surface area contributed by atoms with Crippen LogP contribution in [-0.2, 0) is 16.1 Å². The van der Waals surface area contributed by atoms with Gasteiger partial charge in [0, 0.05) is 26.8 Å². The van der Waals surface area contributed by atoms with Crippen LogP contribution in [-0.4, -0.2) is 43.7 Å². The topological polar surface area (TPSA) is 64.8 Å². The van der Waals surface area contributed by atoms with E-state index in [1.807, 2.05) is 13.8 Å². The van der Waals surface area contributed by atoms with E-state index in [2.05, 4.69) is 12.1 Å². The summed E-state index contributed by atoms with van der Waals surface area (Å²) in [5.41, 5.74) is 8.72. The highest BCUT2D eigenvalue weighted by Crippen LogP contribution is 2.26. The first kappa shape index (κ1) is 19.7. The van der Waals surface area contributed by atoms with Gasteiger partial charge in [-0.15, -0.1) is 12.4 Å². The van der Waals surface area contributed by atoms with Crippen LogP contribution in [0.4, 0.5) is 0 Å². The number of aryl methyl sites for hydroxylation is 2. The van der Waals surface area contributed by atoms with Crippen molar-refractivity contribution in [2.45, 2.75) is 38.8 Å². The fraction of sp³-hybridized carbons (Fsp3) is 0.588. The average molecular weight is 343 g/mol. The Morgan fingerprint density at radius 2 is 1.83 bits per heavy atom. The number of methoxy groups -OCH3 is 1. The van der Waals surface area contributed by atoms with E-state index < -0.39 is 5.54 Å². The number of ether oxygens (including phenoxy) is 2. The molecule has 1 heterocycles. The molecule has 0 spiro atoms. The van der Waals surface area contributed by atoms with E-state index in [0.29, 0.717) is 32.6 Å². The molecule has 23 heavy (non-hydrogen) atoms. The van der Waals surface area contributed by atoms with Crippen molar-refractivity contribution in [3.8, 4) is 5.75 Å². The zero-order valence-electron chi connectivity index (χ0n) is 14.3. The van der Waals surface area contributed by atoms with Gasteiger partial charge in [0.15, 0.2) is 0 Å². The third kappa shape index (κ3) is 4.37. The van der Waals surface area contributed by atoms with Crippen LogP contribution < -0.4 is 10.5 Å². The molecule has 0 saturated carbocycles. The third-order valence-electron chi connectivity index (χ3n) is 4.30. The van der Waals surface area contributed by atoms with Crippen molar-refractivity contribution in [2.24, 2.45) is 5.73 Å². The molecule has 0 unspecified atom stereocenters. The van der Waals surface area contributed by atoms with Crippen LogP contribution in [0.25, 0.3) is 0 Å². The Balaban J connectivity index is 0.00000264. The van der Waals surface area contributed by atoms with Gasteiger partial charge in [-0.3, -0.25) is 4.79 Å². The van der Waals surface area contributed by atoms with Gasteiger partial charge in [-0.2, -0.15) is 0 Å². The number of benzene rings is 1. The highest BCUT2D eigenvalue weighted by Gasteiger charge is 2.37. The van der Waals surface area contributed by atoms with Gasteiger partial charge >= 0.3 is 0 Å². The van der Waals surface area contributed by atoms with Gasteiger partial charge < -0.3 is 20.1 Å². The molecule has 0 radical (unpaired) electrons. The maximum atomic E-state index is 12.6. The fourth-order valence-corrected chi connectivity index (χ4v) is 3.13. The highest BCUT2D eigenvalue weighted by atomic mass is 35.5. The molecule has 1 aliphatic heterocycles. The monoisotopic (exact) mass is 342 g/mol. The molecular formula is C17H27ClN2O3. The molecule has 0 atom stereocenters. The van der Waals surface area contributed by atoms with Gasteiger partial charge in [-0.25, -0.2) is 0 Å². The predicted molar refractivity (Wildman–Crippen MR) is 93.2 cm³/mol. The third-order valence-corrected chi connectivity index (χ3v) is 4.30. The molecule has 5 nitrogen and oxygen atoms in total. The number of nitrogens with zero attached hydrogens (tertiary/aromatic N) is 1. The highest BCUT2D eigenvalue weighted by molar-refractivity contribution is 5.86. The number of likely N-dealkylation sites (N-methyl/N-ethyl adjacent to an activating group) is 1. The molecule has 2 rings (SSSR count). The van der Waals surface area contributed by atoms with Gasteiger partial charge in [-0.1, -0.05) is 12.1 Å². The predicted octanol–water partition coefficient (Wildman–Crippen LogP) is 2.20. The van der Waals surface area contributed by atoms with Crippen LogP contribution in [0, 0.1) is 13.8 Å². The van der Waals surface area contributed by atoms with E-state index in [-0.39, 0.29) is 18.3 Å². The number of amides is 1. The van der Waals surface area contributed by atoms with Crippen molar-refractivity contribution in [3.63, 3.8) is 0 Å². The molecule has 1 saturated heterocycles. The largest absolute Gasteiger partial charge is 0.496 e.